The number of aromatic nitrogens is 2. The van der Waals surface area contributed by atoms with Crippen LogP contribution in [-0.2, 0) is 16.1 Å². The van der Waals surface area contributed by atoms with Gasteiger partial charge in [0.2, 0.25) is 5.91 Å². The number of nitrogens with zero attached hydrogens (tertiary/aromatic N) is 1. The summed E-state index contributed by atoms with van der Waals surface area (Å²) < 4.78 is 6.35. The molecule has 2 heterocycles. The third-order valence-electron chi connectivity index (χ3n) is 4.50. The molecule has 2 aromatic carbocycles. The molecule has 0 atom stereocenters. The predicted molar refractivity (Wildman–Crippen MR) is 110 cm³/mol. The summed E-state index contributed by atoms with van der Waals surface area (Å²) in [5.41, 5.74) is 0.534. The number of hydrogen-bond donors (Lipinski definition) is 2. The number of carbonyl (C=O) groups excluding carboxylic acids is 2. The van der Waals surface area contributed by atoms with Crippen molar-refractivity contribution in [3.05, 3.63) is 68.9 Å². The van der Waals surface area contributed by atoms with Crippen LogP contribution in [0.2, 0.25) is 0 Å². The number of rotatable bonds is 5. The number of carbonyl (C=O) groups is 2. The number of thioether (sulfide) groups is 1. The van der Waals surface area contributed by atoms with Gasteiger partial charge in [-0.25, -0.2) is 9.59 Å². The van der Waals surface area contributed by atoms with Crippen LogP contribution in [0.3, 0.4) is 0 Å². The Kier molecular flexibility index (Phi) is 5.22. The van der Waals surface area contributed by atoms with Gasteiger partial charge >= 0.3 is 11.7 Å². The van der Waals surface area contributed by atoms with E-state index >= 15 is 0 Å². The van der Waals surface area contributed by atoms with E-state index in [-0.39, 0.29) is 24.6 Å². The van der Waals surface area contributed by atoms with Gasteiger partial charge in [-0.15, -0.1) is 11.8 Å². The summed E-state index contributed by atoms with van der Waals surface area (Å²) in [5.74, 6) is -0.291. The molecule has 1 aliphatic heterocycles. The van der Waals surface area contributed by atoms with Crippen LogP contribution < -0.4 is 16.6 Å². The molecule has 1 aromatic heterocycles. The molecular weight excluding hydrogens is 394 g/mol. The molecule has 2 N–H and O–H groups in total. The molecule has 0 spiro atoms. The first-order valence-corrected chi connectivity index (χ1v) is 9.97. The number of benzene rings is 2. The Labute approximate surface area is 168 Å². The normalized spacial score (nSPS) is 13.0. The maximum absolute atomic E-state index is 12.5. The summed E-state index contributed by atoms with van der Waals surface area (Å²) in [7, 11) is 0. The zero-order valence-corrected chi connectivity index (χ0v) is 16.1. The van der Waals surface area contributed by atoms with Crippen molar-refractivity contribution in [3.8, 4) is 0 Å². The van der Waals surface area contributed by atoms with E-state index in [9.17, 15) is 19.2 Å². The van der Waals surface area contributed by atoms with E-state index in [2.05, 4.69) is 10.3 Å². The first kappa shape index (κ1) is 19.0. The van der Waals surface area contributed by atoms with Gasteiger partial charge in [-0.1, -0.05) is 12.1 Å². The number of H-pyrrole nitrogens is 1. The summed E-state index contributed by atoms with van der Waals surface area (Å²) in [6.07, 6.45) is 0.310. The van der Waals surface area contributed by atoms with Gasteiger partial charge in [0.15, 0.2) is 0 Å². The first-order valence-electron chi connectivity index (χ1n) is 8.98. The van der Waals surface area contributed by atoms with Gasteiger partial charge in [-0.2, -0.15) is 0 Å². The lowest BCUT2D eigenvalue weighted by molar-refractivity contribution is -0.113. The van der Waals surface area contributed by atoms with Gasteiger partial charge < -0.3 is 15.0 Å². The van der Waals surface area contributed by atoms with Crippen LogP contribution in [0.5, 0.6) is 0 Å². The smallest absolute Gasteiger partial charge is 0.338 e. The van der Waals surface area contributed by atoms with Crippen LogP contribution in [0, 0.1) is 0 Å². The topological polar surface area (TPSA) is 110 Å². The molecule has 0 fully saturated rings. The van der Waals surface area contributed by atoms with Crippen molar-refractivity contribution in [3.63, 3.8) is 0 Å². The molecule has 1 amide bonds. The molecule has 3 aromatic rings. The Bertz CT molecular complexity index is 1230. The van der Waals surface area contributed by atoms with Crippen molar-refractivity contribution in [2.45, 2.75) is 17.9 Å². The fourth-order valence-corrected chi connectivity index (χ4v) is 3.87. The lowest BCUT2D eigenvalue weighted by Crippen LogP contribution is -2.35. The van der Waals surface area contributed by atoms with Crippen LogP contribution in [0.4, 0.5) is 5.69 Å². The van der Waals surface area contributed by atoms with E-state index in [1.54, 1.807) is 42.5 Å². The van der Waals surface area contributed by atoms with E-state index in [1.165, 1.54) is 11.8 Å². The molecule has 4 rings (SSSR count). The molecule has 148 valence electrons. The van der Waals surface area contributed by atoms with Crippen molar-refractivity contribution in [1.29, 1.82) is 0 Å². The minimum absolute atomic E-state index is 0.0513. The third kappa shape index (κ3) is 3.95. The molecule has 0 radical (unpaired) electrons. The van der Waals surface area contributed by atoms with Gasteiger partial charge in [0.1, 0.15) is 0 Å². The quantitative estimate of drug-likeness (QED) is 0.491. The van der Waals surface area contributed by atoms with Crippen LogP contribution in [0.1, 0.15) is 16.8 Å². The lowest BCUT2D eigenvalue weighted by atomic mass is 10.2. The largest absolute Gasteiger partial charge is 0.462 e. The Morgan fingerprint density at radius 1 is 1.14 bits per heavy atom. The highest BCUT2D eigenvalue weighted by Crippen LogP contribution is 2.32. The third-order valence-corrected chi connectivity index (χ3v) is 5.57. The highest BCUT2D eigenvalue weighted by Gasteiger charge is 2.18. The first-order chi connectivity index (χ1) is 14.0. The van der Waals surface area contributed by atoms with E-state index in [0.29, 0.717) is 34.3 Å². The number of amides is 1. The van der Waals surface area contributed by atoms with Crippen molar-refractivity contribution in [1.82, 2.24) is 9.55 Å². The summed E-state index contributed by atoms with van der Waals surface area (Å²) in [4.78, 5) is 51.9. The number of esters is 1. The van der Waals surface area contributed by atoms with Crippen LogP contribution in [0.15, 0.2) is 56.9 Å². The maximum Gasteiger partial charge on any atom is 0.338 e. The zero-order valence-electron chi connectivity index (χ0n) is 15.3. The minimum Gasteiger partial charge on any atom is -0.462 e. The van der Waals surface area contributed by atoms with Gasteiger partial charge in [-0.05, 0) is 36.8 Å². The number of hydrogen-bond acceptors (Lipinski definition) is 6. The molecule has 9 heteroatoms. The fourth-order valence-electron chi connectivity index (χ4n) is 3.08. The Morgan fingerprint density at radius 3 is 2.83 bits per heavy atom. The molecule has 0 aliphatic carbocycles. The van der Waals surface area contributed by atoms with E-state index in [4.69, 9.17) is 4.74 Å². The number of nitrogens with one attached hydrogen (secondary N) is 2. The molecule has 0 saturated heterocycles. The van der Waals surface area contributed by atoms with E-state index < -0.39 is 11.7 Å². The Morgan fingerprint density at radius 2 is 1.97 bits per heavy atom. The number of fused-ring (bicyclic) bond motifs is 2. The average molecular weight is 411 g/mol. The van der Waals surface area contributed by atoms with Crippen molar-refractivity contribution in [2.24, 2.45) is 0 Å². The second-order valence-electron chi connectivity index (χ2n) is 6.47. The van der Waals surface area contributed by atoms with Crippen LogP contribution in [0.25, 0.3) is 10.9 Å². The van der Waals surface area contributed by atoms with E-state index in [0.717, 1.165) is 9.46 Å². The van der Waals surface area contributed by atoms with Gasteiger partial charge in [-0.3, -0.25) is 14.2 Å². The molecule has 1 aliphatic rings. The lowest BCUT2D eigenvalue weighted by Gasteiger charge is -2.16. The number of para-hydroxylation sites is 1. The van der Waals surface area contributed by atoms with E-state index in [1.807, 2.05) is 0 Å². The molecule has 8 nitrogen and oxygen atoms in total. The van der Waals surface area contributed by atoms with Crippen LogP contribution in [-0.4, -0.2) is 33.8 Å². The molecule has 29 heavy (non-hydrogen) atoms. The highest BCUT2D eigenvalue weighted by atomic mass is 32.2. The standard InChI is InChI=1S/C20H17N3O5S/c24-17-11-29-16-7-6-12(10-15(16)21-17)19(26)28-9-3-8-23-18(25)13-4-1-2-5-14(13)22-20(23)27/h1-2,4-7,10H,3,8-9,11H2,(H,21,24)(H,22,27). The summed E-state index contributed by atoms with van der Waals surface area (Å²) in [6, 6.07) is 11.8. The van der Waals surface area contributed by atoms with Gasteiger partial charge in [0.05, 0.1) is 34.5 Å². The average Bonchev–Trinajstić information content (AvgIpc) is 2.72. The molecule has 0 bridgehead atoms. The van der Waals surface area contributed by atoms with Crippen molar-refractivity contribution < 1.29 is 14.3 Å². The number of aromatic amines is 1. The summed E-state index contributed by atoms with van der Waals surface area (Å²) in [6.45, 7) is 0.179. The monoisotopic (exact) mass is 411 g/mol. The fraction of sp³-hybridized carbons (Fsp3) is 0.200. The maximum atomic E-state index is 12.5. The second kappa shape index (κ2) is 7.96. The molecule has 0 saturated carbocycles. The van der Waals surface area contributed by atoms with Crippen molar-refractivity contribution in [2.75, 3.05) is 17.7 Å². The molecule has 0 unspecified atom stereocenters. The summed E-state index contributed by atoms with van der Waals surface area (Å²) >= 11 is 1.41. The second-order valence-corrected chi connectivity index (χ2v) is 7.49. The van der Waals surface area contributed by atoms with Gasteiger partial charge in [0.25, 0.3) is 5.56 Å². The zero-order chi connectivity index (χ0) is 20.4. The number of anilines is 1. The Hall–Kier alpha value is -3.33. The van der Waals surface area contributed by atoms with Crippen molar-refractivity contribution >= 4 is 40.2 Å². The summed E-state index contributed by atoms with van der Waals surface area (Å²) in [5, 5.41) is 3.16. The van der Waals surface area contributed by atoms with Crippen LogP contribution >= 0.6 is 11.8 Å². The number of ether oxygens (including phenoxy) is 1. The highest BCUT2D eigenvalue weighted by molar-refractivity contribution is 8.00. The Balaban J connectivity index is 1.39. The minimum atomic E-state index is -0.530. The SMILES string of the molecule is O=C1CSc2ccc(C(=O)OCCCn3c(=O)[nH]c4ccccc4c3=O)cc2N1. The predicted octanol–water partition coefficient (Wildman–Crippen LogP) is 1.98. The van der Waals surface area contributed by atoms with Gasteiger partial charge in [0, 0.05) is 11.4 Å². The molecular formula is C20H17N3O5S.